The molecule has 0 saturated carbocycles. The van der Waals surface area contributed by atoms with Crippen molar-refractivity contribution in [3.8, 4) is 11.4 Å². The molecule has 0 unspecified atom stereocenters. The number of methoxy groups -OCH3 is 1. The summed E-state index contributed by atoms with van der Waals surface area (Å²) in [5.41, 5.74) is 0.953. The van der Waals surface area contributed by atoms with Crippen LogP contribution in [0.2, 0.25) is 0 Å². The van der Waals surface area contributed by atoms with Crippen LogP contribution in [0.4, 0.5) is 5.95 Å². The van der Waals surface area contributed by atoms with Gasteiger partial charge in [0.25, 0.3) is 0 Å². The van der Waals surface area contributed by atoms with E-state index in [0.29, 0.717) is 6.42 Å². The zero-order chi connectivity index (χ0) is 18.4. The number of carbonyl (C=O) groups is 1. The van der Waals surface area contributed by atoms with Crippen molar-refractivity contribution in [2.24, 2.45) is 0 Å². The Balaban J connectivity index is 1.91. The van der Waals surface area contributed by atoms with Gasteiger partial charge in [0.2, 0.25) is 5.95 Å². The fourth-order valence-electron chi connectivity index (χ4n) is 3.16. The molecular weight excluding hydrogens is 348 g/mol. The molecule has 0 bridgehead atoms. The van der Waals surface area contributed by atoms with Gasteiger partial charge >= 0.3 is 0 Å². The summed E-state index contributed by atoms with van der Waals surface area (Å²) in [6, 6.07) is 7.96. The molecule has 0 radical (unpaired) electrons. The second-order valence-corrected chi connectivity index (χ2v) is 7.55. The maximum absolute atomic E-state index is 11.2. The molecule has 0 aliphatic carbocycles. The van der Waals surface area contributed by atoms with Gasteiger partial charge in [0, 0.05) is 25.3 Å². The highest BCUT2D eigenvalue weighted by atomic mass is 32.2. The van der Waals surface area contributed by atoms with Gasteiger partial charge in [-0.2, -0.15) is 0 Å². The Morgan fingerprint density at radius 1 is 1.19 bits per heavy atom. The van der Waals surface area contributed by atoms with Gasteiger partial charge in [-0.3, -0.25) is 4.57 Å². The first-order valence-electron chi connectivity index (χ1n) is 9.16. The Kier molecular flexibility index (Phi) is 6.55. The van der Waals surface area contributed by atoms with Crippen molar-refractivity contribution in [3.05, 3.63) is 24.3 Å². The van der Waals surface area contributed by atoms with Crippen LogP contribution in [0, 0.1) is 0 Å². The fourth-order valence-corrected chi connectivity index (χ4v) is 4.04. The maximum atomic E-state index is 11.2. The summed E-state index contributed by atoms with van der Waals surface area (Å²) >= 11 is 1.64. The summed E-state index contributed by atoms with van der Waals surface area (Å²) in [6.07, 6.45) is 5.08. The lowest BCUT2D eigenvalue weighted by Crippen LogP contribution is -2.31. The molecule has 0 N–H and O–H groups in total. The van der Waals surface area contributed by atoms with E-state index < -0.39 is 0 Å². The van der Waals surface area contributed by atoms with E-state index in [2.05, 4.69) is 19.7 Å². The van der Waals surface area contributed by atoms with Crippen molar-refractivity contribution < 1.29 is 9.53 Å². The summed E-state index contributed by atoms with van der Waals surface area (Å²) in [5, 5.41) is 9.80. The van der Waals surface area contributed by atoms with E-state index in [-0.39, 0.29) is 5.78 Å². The third-order valence-electron chi connectivity index (χ3n) is 4.49. The first kappa shape index (κ1) is 18.8. The molecule has 1 aromatic carbocycles. The molecule has 7 heteroatoms. The molecule has 6 nitrogen and oxygen atoms in total. The minimum Gasteiger partial charge on any atom is -0.495 e. The van der Waals surface area contributed by atoms with E-state index in [1.807, 2.05) is 24.3 Å². The van der Waals surface area contributed by atoms with Crippen LogP contribution < -0.4 is 9.64 Å². The smallest absolute Gasteiger partial charge is 0.232 e. The van der Waals surface area contributed by atoms with Gasteiger partial charge in [-0.05, 0) is 44.7 Å². The summed E-state index contributed by atoms with van der Waals surface area (Å²) < 4.78 is 7.67. The van der Waals surface area contributed by atoms with E-state index in [4.69, 9.17) is 4.74 Å². The number of ketones is 1. The average molecular weight is 375 g/mol. The highest BCUT2D eigenvalue weighted by Crippen LogP contribution is 2.33. The number of para-hydroxylation sites is 2. The second kappa shape index (κ2) is 9.07. The number of benzene rings is 1. The van der Waals surface area contributed by atoms with Gasteiger partial charge in [0.1, 0.15) is 11.5 Å². The highest BCUT2D eigenvalue weighted by molar-refractivity contribution is 7.99. The van der Waals surface area contributed by atoms with Crippen LogP contribution in [0.25, 0.3) is 5.69 Å². The van der Waals surface area contributed by atoms with Crippen molar-refractivity contribution in [2.45, 2.75) is 44.2 Å². The largest absolute Gasteiger partial charge is 0.495 e. The van der Waals surface area contributed by atoms with Gasteiger partial charge in [0.15, 0.2) is 5.16 Å². The van der Waals surface area contributed by atoms with Crippen LogP contribution in [0.5, 0.6) is 5.75 Å². The van der Waals surface area contributed by atoms with Crippen LogP contribution in [0.1, 0.15) is 39.0 Å². The zero-order valence-electron chi connectivity index (χ0n) is 15.5. The van der Waals surface area contributed by atoms with Crippen LogP contribution in [-0.2, 0) is 4.79 Å². The molecule has 1 saturated heterocycles. The number of rotatable bonds is 8. The van der Waals surface area contributed by atoms with Crippen LogP contribution in [-0.4, -0.2) is 46.5 Å². The first-order chi connectivity index (χ1) is 12.7. The van der Waals surface area contributed by atoms with E-state index >= 15 is 0 Å². The number of hydrogen-bond acceptors (Lipinski definition) is 6. The molecule has 1 aliphatic rings. The van der Waals surface area contributed by atoms with Crippen molar-refractivity contribution in [3.63, 3.8) is 0 Å². The number of piperidine rings is 1. The predicted octanol–water partition coefficient (Wildman–Crippen LogP) is 3.73. The van der Waals surface area contributed by atoms with Gasteiger partial charge < -0.3 is 14.4 Å². The lowest BCUT2D eigenvalue weighted by atomic mass is 10.1. The molecule has 1 aliphatic heterocycles. The number of hydrogen-bond donors (Lipinski definition) is 0. The van der Waals surface area contributed by atoms with Crippen LogP contribution in [0.3, 0.4) is 0 Å². The van der Waals surface area contributed by atoms with Crippen molar-refractivity contribution in [1.29, 1.82) is 0 Å². The van der Waals surface area contributed by atoms with E-state index in [0.717, 1.165) is 47.8 Å². The standard InChI is InChI=1S/C19H26N4O2S/c1-15(24)9-8-14-26-19-21-20-18(22-12-6-3-7-13-22)23(19)16-10-4-5-11-17(16)25-2/h4-5,10-11H,3,6-9,12-14H2,1-2H3. The fraction of sp³-hybridized carbons (Fsp3) is 0.526. The second-order valence-electron chi connectivity index (χ2n) is 6.49. The molecule has 1 aromatic heterocycles. The molecule has 0 amide bonds. The average Bonchev–Trinajstić information content (AvgIpc) is 3.09. The van der Waals surface area contributed by atoms with Crippen LogP contribution in [0.15, 0.2) is 29.4 Å². The number of carbonyl (C=O) groups excluding carboxylic acids is 1. The number of aromatic nitrogens is 3. The minimum atomic E-state index is 0.228. The molecule has 26 heavy (non-hydrogen) atoms. The predicted molar refractivity (Wildman–Crippen MR) is 105 cm³/mol. The normalized spacial score (nSPS) is 14.5. The molecule has 2 aromatic rings. The third kappa shape index (κ3) is 4.38. The monoisotopic (exact) mass is 374 g/mol. The van der Waals surface area contributed by atoms with Crippen molar-refractivity contribution in [1.82, 2.24) is 14.8 Å². The van der Waals surface area contributed by atoms with Crippen molar-refractivity contribution in [2.75, 3.05) is 30.9 Å². The summed E-state index contributed by atoms with van der Waals surface area (Å²) in [6.45, 7) is 3.64. The maximum Gasteiger partial charge on any atom is 0.232 e. The Morgan fingerprint density at radius 3 is 2.69 bits per heavy atom. The van der Waals surface area contributed by atoms with Gasteiger partial charge in [-0.25, -0.2) is 0 Å². The lowest BCUT2D eigenvalue weighted by Gasteiger charge is -2.28. The molecule has 3 rings (SSSR count). The third-order valence-corrected chi connectivity index (χ3v) is 5.50. The Bertz CT molecular complexity index is 741. The quantitative estimate of drug-likeness (QED) is 0.518. The lowest BCUT2D eigenvalue weighted by molar-refractivity contribution is -0.117. The topological polar surface area (TPSA) is 60.3 Å². The minimum absolute atomic E-state index is 0.228. The zero-order valence-corrected chi connectivity index (χ0v) is 16.3. The molecule has 1 fully saturated rings. The Hall–Kier alpha value is -2.02. The summed E-state index contributed by atoms with van der Waals surface area (Å²) in [4.78, 5) is 13.5. The summed E-state index contributed by atoms with van der Waals surface area (Å²) in [5.74, 6) is 2.75. The Morgan fingerprint density at radius 2 is 1.96 bits per heavy atom. The van der Waals surface area contributed by atoms with Gasteiger partial charge in [0.05, 0.1) is 12.8 Å². The first-order valence-corrected chi connectivity index (χ1v) is 10.1. The molecule has 0 spiro atoms. The molecular formula is C19H26N4O2S. The van der Waals surface area contributed by atoms with E-state index in [1.165, 1.54) is 19.3 Å². The molecule has 2 heterocycles. The van der Waals surface area contributed by atoms with Crippen molar-refractivity contribution >= 4 is 23.5 Å². The number of ether oxygens (including phenoxy) is 1. The van der Waals surface area contributed by atoms with Crippen LogP contribution >= 0.6 is 11.8 Å². The number of Topliss-reactive ketones (excluding diaryl/α,β-unsaturated/α-hetero) is 1. The molecule has 0 atom stereocenters. The van der Waals surface area contributed by atoms with Gasteiger partial charge in [-0.1, -0.05) is 23.9 Å². The molecule has 140 valence electrons. The number of anilines is 1. The summed E-state index contributed by atoms with van der Waals surface area (Å²) in [7, 11) is 1.68. The van der Waals surface area contributed by atoms with Gasteiger partial charge in [-0.15, -0.1) is 10.2 Å². The highest BCUT2D eigenvalue weighted by Gasteiger charge is 2.23. The Labute approximate surface area is 158 Å². The number of thioether (sulfide) groups is 1. The SMILES string of the molecule is COc1ccccc1-n1c(SCCCC(C)=O)nnc1N1CCCCC1. The number of nitrogens with zero attached hydrogens (tertiary/aromatic N) is 4. The van der Waals surface area contributed by atoms with E-state index in [1.54, 1.807) is 25.8 Å². The van der Waals surface area contributed by atoms with E-state index in [9.17, 15) is 4.79 Å².